The number of carbonyl (C=O) groups excluding carboxylic acids is 3. The fraction of sp³-hybridized carbons (Fsp3) is 0.171. The van der Waals surface area contributed by atoms with E-state index in [9.17, 15) is 19.6 Å². The minimum atomic E-state index is -0.491. The molecule has 0 saturated heterocycles. The van der Waals surface area contributed by atoms with Crippen LogP contribution in [0.1, 0.15) is 63.2 Å². The van der Waals surface area contributed by atoms with Crippen LogP contribution in [-0.2, 0) is 22.4 Å². The van der Waals surface area contributed by atoms with Gasteiger partial charge in [0.1, 0.15) is 16.8 Å². The first-order chi connectivity index (χ1) is 24.8. The highest BCUT2D eigenvalue weighted by Gasteiger charge is 2.28. The fourth-order valence-electron chi connectivity index (χ4n) is 5.99. The first-order valence-electron chi connectivity index (χ1n) is 16.6. The lowest BCUT2D eigenvalue weighted by Crippen LogP contribution is -2.30. The summed E-state index contributed by atoms with van der Waals surface area (Å²) in [5, 5.41) is 19.0. The number of hydrogen-bond acceptors (Lipinski definition) is 6. The van der Waals surface area contributed by atoms with E-state index in [1.54, 1.807) is 36.4 Å². The molecular weight excluding hydrogens is 741 g/mol. The van der Waals surface area contributed by atoms with Crippen molar-refractivity contribution in [1.82, 2.24) is 5.32 Å². The average Bonchev–Trinajstić information content (AvgIpc) is 3.51. The smallest absolute Gasteiger partial charge is 0.272 e. The second kappa shape index (κ2) is 16.8. The first kappa shape index (κ1) is 35.9. The number of hydrogen-bond donors (Lipinski definition) is 3. The number of nitriles is 1. The molecule has 2 atom stereocenters. The molecular formula is C41H35BrN4O3S2. The van der Waals surface area contributed by atoms with Gasteiger partial charge in [-0.25, -0.2) is 0 Å². The Hall–Kier alpha value is -4.95. The van der Waals surface area contributed by atoms with Gasteiger partial charge in [-0.15, -0.1) is 23.1 Å². The average molecular weight is 776 g/mol. The Morgan fingerprint density at radius 3 is 2.39 bits per heavy atom. The lowest BCUT2D eigenvalue weighted by molar-refractivity contribution is -0.116. The lowest BCUT2D eigenvalue weighted by atomic mass is 9.83. The molecule has 1 aliphatic rings. The minimum absolute atomic E-state index is 0.0806. The predicted octanol–water partition coefficient (Wildman–Crippen LogP) is 9.57. The van der Waals surface area contributed by atoms with E-state index in [0.717, 1.165) is 39.8 Å². The first-order valence-corrected chi connectivity index (χ1v) is 19.1. The maximum Gasteiger partial charge on any atom is 0.272 e. The van der Waals surface area contributed by atoms with Gasteiger partial charge in [0.2, 0.25) is 5.91 Å². The highest BCUT2D eigenvalue weighted by atomic mass is 79.9. The minimum Gasteiger partial charge on any atom is -0.321 e. The molecule has 3 N–H and O–H groups in total. The predicted molar refractivity (Wildman–Crippen MR) is 210 cm³/mol. The molecule has 51 heavy (non-hydrogen) atoms. The number of benzene rings is 4. The van der Waals surface area contributed by atoms with Crippen LogP contribution in [0.25, 0.3) is 6.08 Å². The van der Waals surface area contributed by atoms with Crippen LogP contribution < -0.4 is 16.0 Å². The summed E-state index contributed by atoms with van der Waals surface area (Å²) >= 11 is 6.34. The summed E-state index contributed by atoms with van der Waals surface area (Å²) in [4.78, 5) is 42.2. The van der Waals surface area contributed by atoms with Crippen molar-refractivity contribution in [3.63, 3.8) is 0 Å². The summed E-state index contributed by atoms with van der Waals surface area (Å²) in [6.45, 7) is 1.95. The van der Waals surface area contributed by atoms with Gasteiger partial charge < -0.3 is 16.0 Å². The molecule has 0 fully saturated rings. The molecule has 1 aromatic heterocycles. The fourth-order valence-corrected chi connectivity index (χ4v) is 8.55. The Morgan fingerprint density at radius 1 is 0.961 bits per heavy atom. The van der Waals surface area contributed by atoms with E-state index in [-0.39, 0.29) is 11.6 Å². The van der Waals surface area contributed by atoms with Gasteiger partial charge in [0.05, 0.1) is 10.8 Å². The topological polar surface area (TPSA) is 111 Å². The van der Waals surface area contributed by atoms with E-state index in [2.05, 4.69) is 62.2 Å². The molecule has 6 rings (SSSR count). The number of anilines is 2. The van der Waals surface area contributed by atoms with Gasteiger partial charge in [0.25, 0.3) is 11.8 Å². The standard InChI is InChI=1S/C41H35BrN4O3S2/c1-2-36(40(49)46-41-34(25-43)33-21-18-29(23-37(33)51-41)27-10-5-3-6-11-27)50-32-15-9-14-31(24-32)44-39(48)35(22-26-16-19-30(42)20-17-26)45-38(47)28-12-7-4-8-13-28/h3-17,19-20,22,24,29,36H,2,18,21,23H2,1H3,(H,44,48)(H,45,47)(H,46,49)/b35-22-. The van der Waals surface area contributed by atoms with E-state index < -0.39 is 17.1 Å². The molecule has 3 amide bonds. The third-order valence-electron chi connectivity index (χ3n) is 8.63. The molecule has 2 unspecified atom stereocenters. The Bertz CT molecular complexity index is 2110. The molecule has 256 valence electrons. The summed E-state index contributed by atoms with van der Waals surface area (Å²) in [6, 6.07) is 36.2. The SMILES string of the molecule is CCC(Sc1cccc(NC(=O)/C(=C/c2ccc(Br)cc2)NC(=O)c2ccccc2)c1)C(=O)Nc1sc2c(c1C#N)CCC(c1ccccc1)C2. The maximum absolute atomic E-state index is 13.6. The van der Waals surface area contributed by atoms with Gasteiger partial charge in [0, 0.05) is 25.5 Å². The normalized spacial score (nSPS) is 14.5. The van der Waals surface area contributed by atoms with Gasteiger partial charge in [-0.3, -0.25) is 14.4 Å². The summed E-state index contributed by atoms with van der Waals surface area (Å²) in [5.41, 5.74) is 4.69. The van der Waals surface area contributed by atoms with Crippen molar-refractivity contribution >= 4 is 73.5 Å². The van der Waals surface area contributed by atoms with Crippen LogP contribution in [0.4, 0.5) is 10.7 Å². The van der Waals surface area contributed by atoms with Crippen LogP contribution in [0, 0.1) is 11.3 Å². The summed E-state index contributed by atoms with van der Waals surface area (Å²) in [5.74, 6) is -0.673. The van der Waals surface area contributed by atoms with E-state index >= 15 is 0 Å². The van der Waals surface area contributed by atoms with E-state index in [1.165, 1.54) is 33.5 Å². The Labute approximate surface area is 314 Å². The molecule has 5 aromatic rings. The van der Waals surface area contributed by atoms with Crippen LogP contribution in [0.5, 0.6) is 0 Å². The third-order valence-corrected chi connectivity index (χ3v) is 11.7. The Morgan fingerprint density at radius 2 is 1.69 bits per heavy atom. The number of thioether (sulfide) groups is 1. The van der Waals surface area contributed by atoms with Crippen molar-refractivity contribution in [2.75, 3.05) is 10.6 Å². The molecule has 0 aliphatic heterocycles. The van der Waals surface area contributed by atoms with Crippen molar-refractivity contribution in [2.45, 2.75) is 48.7 Å². The zero-order chi connectivity index (χ0) is 35.7. The maximum atomic E-state index is 13.6. The number of nitrogens with zero attached hydrogens (tertiary/aromatic N) is 1. The number of carbonyl (C=O) groups is 3. The molecule has 0 saturated carbocycles. The molecule has 0 spiro atoms. The van der Waals surface area contributed by atoms with Gasteiger partial charge in [-0.1, -0.05) is 89.6 Å². The van der Waals surface area contributed by atoms with Crippen LogP contribution in [0.2, 0.25) is 0 Å². The highest BCUT2D eigenvalue weighted by Crippen LogP contribution is 2.42. The van der Waals surface area contributed by atoms with Crippen molar-refractivity contribution in [3.05, 3.63) is 152 Å². The Kier molecular flexibility index (Phi) is 11.8. The van der Waals surface area contributed by atoms with Gasteiger partial charge >= 0.3 is 0 Å². The lowest BCUT2D eigenvalue weighted by Gasteiger charge is -2.22. The number of amides is 3. The molecule has 1 heterocycles. The molecule has 0 bridgehead atoms. The van der Waals surface area contributed by atoms with Gasteiger partial charge in [0.15, 0.2) is 0 Å². The van der Waals surface area contributed by atoms with Crippen LogP contribution in [-0.4, -0.2) is 23.0 Å². The zero-order valence-corrected chi connectivity index (χ0v) is 31.0. The largest absolute Gasteiger partial charge is 0.321 e. The van der Waals surface area contributed by atoms with Crippen LogP contribution in [0.15, 0.2) is 124 Å². The molecule has 1 aliphatic carbocycles. The monoisotopic (exact) mass is 774 g/mol. The third kappa shape index (κ3) is 9.05. The summed E-state index contributed by atoms with van der Waals surface area (Å²) in [6.07, 6.45) is 4.82. The number of halogens is 1. The molecule has 10 heteroatoms. The number of fused-ring (bicyclic) bond motifs is 1. The number of nitrogens with one attached hydrogen (secondary N) is 3. The van der Waals surface area contributed by atoms with Crippen LogP contribution >= 0.6 is 39.0 Å². The summed E-state index contributed by atoms with van der Waals surface area (Å²) in [7, 11) is 0. The second-order valence-corrected chi connectivity index (χ2v) is 15.4. The van der Waals surface area contributed by atoms with Crippen molar-refractivity contribution in [3.8, 4) is 6.07 Å². The molecule has 4 aromatic carbocycles. The van der Waals surface area contributed by atoms with E-state index in [4.69, 9.17) is 0 Å². The van der Waals surface area contributed by atoms with Crippen molar-refractivity contribution in [2.24, 2.45) is 0 Å². The molecule has 7 nitrogen and oxygen atoms in total. The highest BCUT2D eigenvalue weighted by molar-refractivity contribution is 9.10. The second-order valence-electron chi connectivity index (χ2n) is 12.1. The quantitative estimate of drug-likeness (QED) is 0.0915. The van der Waals surface area contributed by atoms with E-state index in [1.807, 2.05) is 61.5 Å². The van der Waals surface area contributed by atoms with Gasteiger partial charge in [-0.2, -0.15) is 5.26 Å². The molecule has 0 radical (unpaired) electrons. The zero-order valence-electron chi connectivity index (χ0n) is 27.8. The Balaban J connectivity index is 1.14. The van der Waals surface area contributed by atoms with Gasteiger partial charge in [-0.05, 0) is 96.8 Å². The van der Waals surface area contributed by atoms with Crippen molar-refractivity contribution in [1.29, 1.82) is 5.26 Å². The van der Waals surface area contributed by atoms with E-state index in [0.29, 0.717) is 34.2 Å². The van der Waals surface area contributed by atoms with Crippen LogP contribution in [0.3, 0.4) is 0 Å². The van der Waals surface area contributed by atoms with Crippen molar-refractivity contribution < 1.29 is 14.4 Å². The summed E-state index contributed by atoms with van der Waals surface area (Å²) < 4.78 is 0.893. The number of rotatable bonds is 11. The number of thiophene rings is 1.